The molecule has 2 amide bonds. The van der Waals surface area contributed by atoms with Gasteiger partial charge in [0.15, 0.2) is 0 Å². The first-order chi connectivity index (χ1) is 15.4. The number of carbonyl (C=O) groups is 2. The molecule has 0 unspecified atom stereocenters. The largest absolute Gasteiger partial charge is 0.416 e. The average molecular weight is 477 g/mol. The number of halogens is 3. The monoisotopic (exact) mass is 476 g/mol. The molecule has 4 nitrogen and oxygen atoms in total. The highest BCUT2D eigenvalue weighted by Gasteiger charge is 2.49. The van der Waals surface area contributed by atoms with Crippen molar-refractivity contribution in [1.29, 1.82) is 0 Å². The molecular formula is C25H27F3N2O2S. The second-order valence-corrected chi connectivity index (χ2v) is 11.0. The van der Waals surface area contributed by atoms with Crippen LogP contribution in [0.2, 0.25) is 0 Å². The Morgan fingerprint density at radius 3 is 2.18 bits per heavy atom. The first-order valence-corrected chi connectivity index (χ1v) is 11.9. The van der Waals surface area contributed by atoms with Crippen molar-refractivity contribution in [3.63, 3.8) is 0 Å². The van der Waals surface area contributed by atoms with Crippen molar-refractivity contribution in [3.8, 4) is 0 Å². The van der Waals surface area contributed by atoms with Crippen LogP contribution >= 0.6 is 11.8 Å². The second kappa shape index (κ2) is 8.38. The number of hydrogen-bond donors (Lipinski definition) is 0. The summed E-state index contributed by atoms with van der Waals surface area (Å²) in [6.07, 6.45) is -3.46. The molecule has 2 heterocycles. The van der Waals surface area contributed by atoms with Crippen molar-refractivity contribution in [2.45, 2.75) is 50.1 Å². The van der Waals surface area contributed by atoms with Crippen LogP contribution in [0.5, 0.6) is 0 Å². The van der Waals surface area contributed by atoms with Crippen LogP contribution in [0, 0.1) is 0 Å². The Morgan fingerprint density at radius 1 is 0.970 bits per heavy atom. The maximum absolute atomic E-state index is 13.2. The topological polar surface area (TPSA) is 40.6 Å². The summed E-state index contributed by atoms with van der Waals surface area (Å²) in [6, 6.07) is 12.6. The van der Waals surface area contributed by atoms with E-state index in [4.69, 9.17) is 0 Å². The number of carbonyl (C=O) groups excluding carboxylic acids is 2. The van der Waals surface area contributed by atoms with Crippen LogP contribution in [0.15, 0.2) is 48.5 Å². The predicted molar refractivity (Wildman–Crippen MR) is 124 cm³/mol. The SMILES string of the molecule is CC(C)(C)c1ccc(C(=O)N2CCC3(CC2)SCC(=O)N3c2cccc(C(F)(F)F)c2)cc1. The highest BCUT2D eigenvalue weighted by molar-refractivity contribution is 8.02. The Bertz CT molecular complexity index is 1050. The van der Waals surface area contributed by atoms with E-state index in [1.54, 1.807) is 11.0 Å². The highest BCUT2D eigenvalue weighted by Crippen LogP contribution is 2.47. The van der Waals surface area contributed by atoms with E-state index in [0.29, 0.717) is 31.5 Å². The van der Waals surface area contributed by atoms with Gasteiger partial charge in [0.25, 0.3) is 5.91 Å². The number of benzene rings is 2. The van der Waals surface area contributed by atoms with E-state index in [1.807, 2.05) is 24.3 Å². The normalized spacial score (nSPS) is 18.8. The molecule has 2 aromatic carbocycles. The number of amides is 2. The third kappa shape index (κ3) is 4.63. The maximum atomic E-state index is 13.2. The van der Waals surface area contributed by atoms with Crippen LogP contribution in [0.3, 0.4) is 0 Å². The number of piperidine rings is 1. The molecule has 4 rings (SSSR count). The van der Waals surface area contributed by atoms with Crippen LogP contribution in [0.25, 0.3) is 0 Å². The summed E-state index contributed by atoms with van der Waals surface area (Å²) in [5.74, 6) is -0.0412. The third-order valence-electron chi connectivity index (χ3n) is 6.38. The van der Waals surface area contributed by atoms with Gasteiger partial charge in [-0.1, -0.05) is 39.0 Å². The van der Waals surface area contributed by atoms with Crippen molar-refractivity contribution in [2.24, 2.45) is 0 Å². The Labute approximate surface area is 196 Å². The maximum Gasteiger partial charge on any atom is 0.416 e. The van der Waals surface area contributed by atoms with Crippen molar-refractivity contribution in [3.05, 3.63) is 65.2 Å². The lowest BCUT2D eigenvalue weighted by molar-refractivity contribution is -0.137. The quantitative estimate of drug-likeness (QED) is 0.557. The minimum absolute atomic E-state index is 0.00179. The number of thioether (sulfide) groups is 1. The van der Waals surface area contributed by atoms with E-state index < -0.39 is 16.6 Å². The van der Waals surface area contributed by atoms with Gasteiger partial charge in [-0.3, -0.25) is 14.5 Å². The van der Waals surface area contributed by atoms with Gasteiger partial charge in [0, 0.05) is 24.3 Å². The molecular weight excluding hydrogens is 449 g/mol. The summed E-state index contributed by atoms with van der Waals surface area (Å²) in [5, 5.41) is 0. The number of alkyl halides is 3. The summed E-state index contributed by atoms with van der Waals surface area (Å²) in [4.78, 5) is 28.4. The molecule has 0 radical (unpaired) electrons. The number of likely N-dealkylation sites (tertiary alicyclic amines) is 1. The van der Waals surface area contributed by atoms with Gasteiger partial charge in [-0.15, -0.1) is 11.8 Å². The molecule has 0 N–H and O–H groups in total. The van der Waals surface area contributed by atoms with Gasteiger partial charge in [-0.25, -0.2) is 0 Å². The van der Waals surface area contributed by atoms with E-state index in [2.05, 4.69) is 20.8 Å². The first-order valence-electron chi connectivity index (χ1n) is 10.9. The van der Waals surface area contributed by atoms with Crippen LogP contribution < -0.4 is 4.90 Å². The van der Waals surface area contributed by atoms with Gasteiger partial charge in [0.1, 0.15) is 0 Å². The molecule has 176 valence electrons. The van der Waals surface area contributed by atoms with Crippen molar-refractivity contribution in [1.82, 2.24) is 4.90 Å². The molecule has 0 aliphatic carbocycles. The number of anilines is 1. The molecule has 0 saturated carbocycles. The Morgan fingerprint density at radius 2 is 1.61 bits per heavy atom. The Hall–Kier alpha value is -2.48. The molecule has 33 heavy (non-hydrogen) atoms. The lowest BCUT2D eigenvalue weighted by atomic mass is 9.86. The minimum Gasteiger partial charge on any atom is -0.338 e. The number of nitrogens with zero attached hydrogens (tertiary/aromatic N) is 2. The van der Waals surface area contributed by atoms with Crippen LogP contribution in [-0.2, 0) is 16.4 Å². The average Bonchev–Trinajstić information content (AvgIpc) is 3.08. The highest BCUT2D eigenvalue weighted by atomic mass is 32.2. The summed E-state index contributed by atoms with van der Waals surface area (Å²) in [6.45, 7) is 7.23. The molecule has 2 fully saturated rings. The van der Waals surface area contributed by atoms with Crippen molar-refractivity contribution < 1.29 is 22.8 Å². The molecule has 1 spiro atoms. The zero-order valence-electron chi connectivity index (χ0n) is 18.9. The molecule has 2 saturated heterocycles. The molecule has 8 heteroatoms. The van der Waals surface area contributed by atoms with Crippen LogP contribution in [-0.4, -0.2) is 40.4 Å². The van der Waals surface area contributed by atoms with Gasteiger partial charge in [0.05, 0.1) is 16.2 Å². The van der Waals surface area contributed by atoms with E-state index in [0.717, 1.165) is 17.7 Å². The molecule has 2 aromatic rings. The molecule has 0 bridgehead atoms. The number of hydrogen-bond acceptors (Lipinski definition) is 3. The zero-order chi connectivity index (χ0) is 24.0. The molecule has 2 aliphatic heterocycles. The molecule has 2 aliphatic rings. The fraction of sp³-hybridized carbons (Fsp3) is 0.440. The second-order valence-electron chi connectivity index (χ2n) is 9.63. The smallest absolute Gasteiger partial charge is 0.338 e. The van der Waals surface area contributed by atoms with Crippen molar-refractivity contribution in [2.75, 3.05) is 23.7 Å². The Balaban J connectivity index is 1.51. The van der Waals surface area contributed by atoms with E-state index in [-0.39, 0.29) is 28.7 Å². The summed E-state index contributed by atoms with van der Waals surface area (Å²) in [7, 11) is 0. The van der Waals surface area contributed by atoms with Crippen LogP contribution in [0.4, 0.5) is 18.9 Å². The van der Waals surface area contributed by atoms with Gasteiger partial charge >= 0.3 is 6.18 Å². The van der Waals surface area contributed by atoms with Gasteiger partial charge in [0.2, 0.25) is 5.91 Å². The minimum atomic E-state index is -4.47. The summed E-state index contributed by atoms with van der Waals surface area (Å²) < 4.78 is 39.7. The first kappa shape index (κ1) is 23.7. The zero-order valence-corrected chi connectivity index (χ0v) is 19.7. The molecule has 0 atom stereocenters. The summed E-state index contributed by atoms with van der Waals surface area (Å²) in [5.41, 5.74) is 1.25. The third-order valence-corrected chi connectivity index (χ3v) is 7.90. The fourth-order valence-electron chi connectivity index (χ4n) is 4.48. The summed E-state index contributed by atoms with van der Waals surface area (Å²) >= 11 is 1.46. The Kier molecular flexibility index (Phi) is 6.01. The lowest BCUT2D eigenvalue weighted by Gasteiger charge is -2.44. The fourth-order valence-corrected chi connectivity index (χ4v) is 5.80. The predicted octanol–water partition coefficient (Wildman–Crippen LogP) is 5.72. The van der Waals surface area contributed by atoms with E-state index >= 15 is 0 Å². The number of rotatable bonds is 2. The standard InChI is InChI=1S/C25H27F3N2O2S/c1-23(2,3)18-9-7-17(8-10-18)22(32)29-13-11-24(12-14-29)30(21(31)16-33-24)20-6-4-5-19(15-20)25(26,27)28/h4-10,15H,11-14,16H2,1-3H3. The van der Waals surface area contributed by atoms with E-state index in [9.17, 15) is 22.8 Å². The van der Waals surface area contributed by atoms with Crippen LogP contribution in [0.1, 0.15) is 55.1 Å². The lowest BCUT2D eigenvalue weighted by Crippen LogP contribution is -2.53. The van der Waals surface area contributed by atoms with Gasteiger partial charge in [-0.2, -0.15) is 13.2 Å². The van der Waals surface area contributed by atoms with Gasteiger partial charge < -0.3 is 4.90 Å². The van der Waals surface area contributed by atoms with Crippen molar-refractivity contribution >= 4 is 29.3 Å². The van der Waals surface area contributed by atoms with Gasteiger partial charge in [-0.05, 0) is 54.2 Å². The van der Waals surface area contributed by atoms with E-state index in [1.165, 1.54) is 22.7 Å². The molecule has 0 aromatic heterocycles.